The predicted octanol–water partition coefficient (Wildman–Crippen LogP) is -0.00660. The van der Waals surface area contributed by atoms with E-state index in [2.05, 4.69) is 0 Å². The highest BCUT2D eigenvalue weighted by atomic mass is 16.8. The Kier molecular flexibility index (Phi) is 2.21. The molecule has 0 aromatic carbocycles. The number of fused-ring (bicyclic) bond motifs is 3. The summed E-state index contributed by atoms with van der Waals surface area (Å²) >= 11 is 0. The molecule has 1 aliphatic carbocycles. The highest BCUT2D eigenvalue weighted by Crippen LogP contribution is 2.47. The summed E-state index contributed by atoms with van der Waals surface area (Å²) in [6.07, 6.45) is -0.897. The van der Waals surface area contributed by atoms with E-state index >= 15 is 0 Å². The maximum atomic E-state index is 11.5. The van der Waals surface area contributed by atoms with E-state index in [-0.39, 0.29) is 30.7 Å². The van der Waals surface area contributed by atoms with E-state index in [1.54, 1.807) is 0 Å². The van der Waals surface area contributed by atoms with Crippen molar-refractivity contribution in [2.45, 2.75) is 50.5 Å². The molecule has 0 aromatic heterocycles. The first-order chi connectivity index (χ1) is 8.02. The quantitative estimate of drug-likeness (QED) is 0.501. The van der Waals surface area contributed by atoms with Gasteiger partial charge < -0.3 is 18.9 Å². The largest absolute Gasteiger partial charge is 0.456 e. The summed E-state index contributed by atoms with van der Waals surface area (Å²) in [5, 5.41) is 0. The highest BCUT2D eigenvalue weighted by Gasteiger charge is 2.62. The van der Waals surface area contributed by atoms with Gasteiger partial charge in [-0.2, -0.15) is 0 Å². The molecule has 0 aromatic rings. The highest BCUT2D eigenvalue weighted by molar-refractivity contribution is 5.79. The Labute approximate surface area is 98.1 Å². The van der Waals surface area contributed by atoms with Gasteiger partial charge in [-0.15, -0.1) is 0 Å². The molecule has 6 nitrogen and oxygen atoms in total. The zero-order valence-electron chi connectivity index (χ0n) is 9.62. The van der Waals surface area contributed by atoms with Crippen LogP contribution in [0.3, 0.4) is 0 Å². The van der Waals surface area contributed by atoms with Crippen molar-refractivity contribution in [2.75, 3.05) is 0 Å². The van der Waals surface area contributed by atoms with Gasteiger partial charge in [0, 0.05) is 5.92 Å². The number of hydrogen-bond donors (Lipinski definition) is 0. The maximum absolute atomic E-state index is 11.5. The van der Waals surface area contributed by atoms with E-state index in [0.717, 1.165) is 0 Å². The third-order valence-corrected chi connectivity index (χ3v) is 3.55. The van der Waals surface area contributed by atoms with Crippen molar-refractivity contribution in [3.8, 4) is 0 Å². The maximum Gasteiger partial charge on any atom is 0.348 e. The second kappa shape index (κ2) is 3.43. The fraction of sp³-hybridized carbons (Fsp3) is 0.818. The topological polar surface area (TPSA) is 71.1 Å². The number of ether oxygens (including phenoxy) is 4. The molecule has 94 valence electrons. The first-order valence-corrected chi connectivity index (χ1v) is 5.67. The minimum atomic E-state index is -0.807. The van der Waals surface area contributed by atoms with E-state index in [1.165, 1.54) is 0 Å². The molecule has 2 heterocycles. The summed E-state index contributed by atoms with van der Waals surface area (Å²) in [6, 6.07) is 0. The number of esters is 1. The van der Waals surface area contributed by atoms with Crippen molar-refractivity contribution >= 4 is 12.4 Å². The van der Waals surface area contributed by atoms with Crippen LogP contribution in [0.15, 0.2) is 0 Å². The Morgan fingerprint density at radius 1 is 1.35 bits per heavy atom. The van der Waals surface area contributed by atoms with Gasteiger partial charge in [-0.1, -0.05) is 0 Å². The van der Waals surface area contributed by atoms with Gasteiger partial charge in [-0.3, -0.25) is 4.79 Å². The Morgan fingerprint density at radius 2 is 2.12 bits per heavy atom. The fourth-order valence-electron chi connectivity index (χ4n) is 3.01. The molecule has 0 bridgehead atoms. The number of carbonyl (C=O) groups excluding carboxylic acids is 2. The van der Waals surface area contributed by atoms with Crippen LogP contribution in [0.2, 0.25) is 0 Å². The van der Waals surface area contributed by atoms with Crippen molar-refractivity contribution in [3.63, 3.8) is 0 Å². The monoisotopic (exact) mass is 242 g/mol. The summed E-state index contributed by atoms with van der Waals surface area (Å²) in [5.74, 6) is -1.28. The molecule has 0 spiro atoms. The minimum absolute atomic E-state index is 0.0918. The second-order valence-corrected chi connectivity index (χ2v) is 5.09. The normalized spacial score (nSPS) is 46.2. The van der Waals surface area contributed by atoms with Gasteiger partial charge in [-0.05, 0) is 20.3 Å². The van der Waals surface area contributed by atoms with Crippen molar-refractivity contribution in [1.82, 2.24) is 0 Å². The molecule has 3 fully saturated rings. The molecule has 2 saturated heterocycles. The molecule has 6 heteroatoms. The molecule has 17 heavy (non-hydrogen) atoms. The van der Waals surface area contributed by atoms with E-state index in [4.69, 9.17) is 18.9 Å². The van der Waals surface area contributed by atoms with Crippen molar-refractivity contribution in [1.29, 1.82) is 0 Å². The number of rotatable bonds is 2. The van der Waals surface area contributed by atoms with Crippen LogP contribution in [0.5, 0.6) is 0 Å². The lowest BCUT2D eigenvalue weighted by molar-refractivity contribution is -0.169. The van der Waals surface area contributed by atoms with Crippen molar-refractivity contribution < 1.29 is 28.5 Å². The smallest absolute Gasteiger partial charge is 0.348 e. The van der Waals surface area contributed by atoms with E-state index in [9.17, 15) is 9.59 Å². The third-order valence-electron chi connectivity index (χ3n) is 3.55. The predicted molar refractivity (Wildman–Crippen MR) is 52.7 cm³/mol. The molecule has 0 N–H and O–H groups in total. The van der Waals surface area contributed by atoms with Crippen LogP contribution in [0, 0.1) is 5.92 Å². The minimum Gasteiger partial charge on any atom is -0.456 e. The lowest BCUT2D eigenvalue weighted by Gasteiger charge is -2.21. The van der Waals surface area contributed by atoms with Crippen LogP contribution in [0.25, 0.3) is 0 Å². The molecule has 5 unspecified atom stereocenters. The molecule has 0 radical (unpaired) electrons. The Bertz CT molecular complexity index is 365. The summed E-state index contributed by atoms with van der Waals surface area (Å²) in [7, 11) is 0. The fourth-order valence-corrected chi connectivity index (χ4v) is 3.01. The van der Waals surface area contributed by atoms with Gasteiger partial charge in [-0.25, -0.2) is 4.79 Å². The van der Waals surface area contributed by atoms with E-state index in [1.807, 2.05) is 13.8 Å². The van der Waals surface area contributed by atoms with Gasteiger partial charge in [0.2, 0.25) is 6.10 Å². The first-order valence-electron chi connectivity index (χ1n) is 5.67. The molecule has 5 atom stereocenters. The van der Waals surface area contributed by atoms with Gasteiger partial charge in [0.05, 0.1) is 6.10 Å². The van der Waals surface area contributed by atoms with Crippen LogP contribution >= 0.6 is 0 Å². The molecule has 2 aliphatic heterocycles. The molecular formula is C11H14O6. The average Bonchev–Trinajstić information content (AvgIpc) is 2.78. The Morgan fingerprint density at radius 3 is 2.82 bits per heavy atom. The summed E-state index contributed by atoms with van der Waals surface area (Å²) in [5.41, 5.74) is 0. The Hall–Kier alpha value is -1.14. The van der Waals surface area contributed by atoms with E-state index < -0.39 is 17.9 Å². The van der Waals surface area contributed by atoms with Crippen LogP contribution < -0.4 is 0 Å². The zero-order valence-corrected chi connectivity index (χ0v) is 9.62. The first kappa shape index (κ1) is 11.0. The van der Waals surface area contributed by atoms with E-state index in [0.29, 0.717) is 6.42 Å². The number of hydrogen-bond acceptors (Lipinski definition) is 6. The molecule has 3 aliphatic rings. The summed E-state index contributed by atoms with van der Waals surface area (Å²) in [4.78, 5) is 21.9. The lowest BCUT2D eigenvalue weighted by Crippen LogP contribution is -2.32. The van der Waals surface area contributed by atoms with Crippen LogP contribution in [-0.2, 0) is 28.5 Å². The third kappa shape index (κ3) is 1.55. The molecular weight excluding hydrogens is 228 g/mol. The molecule has 0 amide bonds. The standard InChI is InChI=1S/C11H14O6/c1-11(2)16-6-3-5-7(9(6)17-11)15-10(13)8(5)14-4-12/h4-9H,3H2,1-2H3. The van der Waals surface area contributed by atoms with Crippen molar-refractivity contribution in [2.24, 2.45) is 5.92 Å². The van der Waals surface area contributed by atoms with Gasteiger partial charge in [0.15, 0.2) is 5.79 Å². The zero-order chi connectivity index (χ0) is 12.2. The molecule has 1 saturated carbocycles. The van der Waals surface area contributed by atoms with Gasteiger partial charge >= 0.3 is 5.97 Å². The lowest BCUT2D eigenvalue weighted by atomic mass is 10.0. The number of carbonyl (C=O) groups is 2. The average molecular weight is 242 g/mol. The van der Waals surface area contributed by atoms with Crippen LogP contribution in [-0.4, -0.2) is 42.6 Å². The van der Waals surface area contributed by atoms with Crippen molar-refractivity contribution in [3.05, 3.63) is 0 Å². The van der Waals surface area contributed by atoms with Gasteiger partial charge in [0.25, 0.3) is 6.47 Å². The van der Waals surface area contributed by atoms with Crippen LogP contribution in [0.4, 0.5) is 0 Å². The Balaban J connectivity index is 1.79. The second-order valence-electron chi connectivity index (χ2n) is 5.09. The SMILES string of the molecule is CC1(C)OC2CC3C(OC=O)C(=O)OC3C2O1. The summed E-state index contributed by atoms with van der Waals surface area (Å²) in [6.45, 7) is 3.95. The molecule has 3 rings (SSSR count). The summed E-state index contributed by atoms with van der Waals surface area (Å²) < 4.78 is 21.4. The van der Waals surface area contributed by atoms with Gasteiger partial charge in [0.1, 0.15) is 12.2 Å². The van der Waals surface area contributed by atoms with Crippen LogP contribution in [0.1, 0.15) is 20.3 Å².